The number of fused-ring (bicyclic) bond motifs is 2. The van der Waals surface area contributed by atoms with E-state index in [2.05, 4.69) is 5.32 Å². The molecule has 1 N–H and O–H groups in total. The van der Waals surface area contributed by atoms with Crippen LogP contribution in [-0.4, -0.2) is 72.0 Å². The summed E-state index contributed by atoms with van der Waals surface area (Å²) in [6.45, 7) is 0.849. The molecule has 3 amide bonds. The van der Waals surface area contributed by atoms with Gasteiger partial charge in [-0.15, -0.1) is 0 Å². The number of piperidine rings is 1. The minimum atomic E-state index is -0.559. The summed E-state index contributed by atoms with van der Waals surface area (Å²) in [6.07, 6.45) is 1.35. The van der Waals surface area contributed by atoms with Crippen LogP contribution in [0.25, 0.3) is 0 Å². The van der Waals surface area contributed by atoms with E-state index in [4.69, 9.17) is 4.74 Å². The maximum atomic E-state index is 13.3. The highest BCUT2D eigenvalue weighted by Gasteiger charge is 2.52. The van der Waals surface area contributed by atoms with Gasteiger partial charge in [0.05, 0.1) is 6.10 Å². The van der Waals surface area contributed by atoms with Gasteiger partial charge in [-0.2, -0.15) is 0 Å². The van der Waals surface area contributed by atoms with Crippen molar-refractivity contribution in [2.24, 2.45) is 0 Å². The summed E-state index contributed by atoms with van der Waals surface area (Å²) in [5.74, 6) is -0.961. The van der Waals surface area contributed by atoms with Gasteiger partial charge in [0.1, 0.15) is 17.9 Å². The minimum absolute atomic E-state index is 0.0333. The number of ether oxygens (including phenoxy) is 1. The van der Waals surface area contributed by atoms with Crippen LogP contribution < -0.4 is 5.32 Å². The van der Waals surface area contributed by atoms with Gasteiger partial charge >= 0.3 is 0 Å². The Morgan fingerprint density at radius 3 is 2.67 bits per heavy atom. The highest BCUT2D eigenvalue weighted by molar-refractivity contribution is 5.98. The molecule has 4 rings (SSSR count). The van der Waals surface area contributed by atoms with E-state index in [9.17, 15) is 18.8 Å². The van der Waals surface area contributed by atoms with Crippen molar-refractivity contribution in [1.29, 1.82) is 0 Å². The van der Waals surface area contributed by atoms with Gasteiger partial charge in [0.15, 0.2) is 0 Å². The minimum Gasteiger partial charge on any atom is -0.380 e. The molecule has 3 aliphatic rings. The molecule has 4 atom stereocenters. The number of methoxy groups -OCH3 is 1. The van der Waals surface area contributed by atoms with E-state index in [1.54, 1.807) is 23.0 Å². The van der Waals surface area contributed by atoms with E-state index in [0.717, 1.165) is 0 Å². The molecule has 8 heteroatoms. The molecular formula is C19H22FN3O4. The quantitative estimate of drug-likeness (QED) is 0.837. The number of piperazine rings is 1. The Balaban J connectivity index is 1.45. The third-order valence-electron chi connectivity index (χ3n) is 5.76. The molecule has 27 heavy (non-hydrogen) atoms. The molecule has 3 aliphatic heterocycles. The van der Waals surface area contributed by atoms with Crippen molar-refractivity contribution in [2.45, 2.75) is 43.5 Å². The SMILES string of the molecule is CO[C@H]1C[C@@H]2C(=O)N3CC[C@H](NC(=O)c4cccc(F)c4)C[C@H]3C(=O)N2C1. The maximum Gasteiger partial charge on any atom is 0.251 e. The molecule has 3 saturated heterocycles. The highest BCUT2D eigenvalue weighted by atomic mass is 19.1. The zero-order valence-corrected chi connectivity index (χ0v) is 15.1. The number of nitrogens with one attached hydrogen (secondary N) is 1. The van der Waals surface area contributed by atoms with E-state index >= 15 is 0 Å². The molecule has 7 nitrogen and oxygen atoms in total. The van der Waals surface area contributed by atoms with E-state index < -0.39 is 17.9 Å². The molecule has 0 saturated carbocycles. The zero-order chi connectivity index (χ0) is 19.1. The summed E-state index contributed by atoms with van der Waals surface area (Å²) in [7, 11) is 1.59. The molecule has 0 spiro atoms. The van der Waals surface area contributed by atoms with E-state index in [1.807, 2.05) is 0 Å². The first-order valence-electron chi connectivity index (χ1n) is 9.18. The standard InChI is InChI=1S/C19H22FN3O4/c1-27-14-9-16-18(25)22-6-5-13(8-15(22)19(26)23(16)10-14)21-17(24)11-3-2-4-12(20)7-11/h2-4,7,13-16H,5-6,8-10H2,1H3,(H,21,24)/t13-,14-,15-,16+/m0/s1. The van der Waals surface area contributed by atoms with Gasteiger partial charge in [0.2, 0.25) is 11.8 Å². The van der Waals surface area contributed by atoms with Crippen LogP contribution in [0.5, 0.6) is 0 Å². The largest absolute Gasteiger partial charge is 0.380 e. The number of carbonyl (C=O) groups is 3. The van der Waals surface area contributed by atoms with Gasteiger partial charge in [0.25, 0.3) is 5.91 Å². The van der Waals surface area contributed by atoms with Crippen LogP contribution in [0.1, 0.15) is 29.6 Å². The second kappa shape index (κ2) is 6.92. The normalized spacial score (nSPS) is 30.1. The van der Waals surface area contributed by atoms with Gasteiger partial charge in [-0.1, -0.05) is 6.07 Å². The summed E-state index contributed by atoms with van der Waals surface area (Å²) < 4.78 is 18.7. The van der Waals surface area contributed by atoms with Crippen LogP contribution in [0, 0.1) is 5.82 Å². The Morgan fingerprint density at radius 1 is 1.19 bits per heavy atom. The monoisotopic (exact) mass is 375 g/mol. The van der Waals surface area contributed by atoms with Crippen LogP contribution in [-0.2, 0) is 14.3 Å². The molecule has 3 fully saturated rings. The molecule has 3 heterocycles. The van der Waals surface area contributed by atoms with Gasteiger partial charge in [-0.25, -0.2) is 4.39 Å². The Kier molecular flexibility index (Phi) is 4.59. The fourth-order valence-corrected chi connectivity index (χ4v) is 4.32. The maximum absolute atomic E-state index is 13.3. The molecule has 1 aromatic rings. The van der Waals surface area contributed by atoms with Crippen LogP contribution >= 0.6 is 0 Å². The number of benzene rings is 1. The Hall–Kier alpha value is -2.48. The molecule has 0 bridgehead atoms. The van der Waals surface area contributed by atoms with E-state index in [-0.39, 0.29) is 35.4 Å². The average molecular weight is 375 g/mol. The predicted octanol–water partition coefficient (Wildman–Crippen LogP) is 0.545. The smallest absolute Gasteiger partial charge is 0.251 e. The molecule has 144 valence electrons. The number of hydrogen-bond acceptors (Lipinski definition) is 4. The lowest BCUT2D eigenvalue weighted by molar-refractivity contribution is -0.161. The Bertz CT molecular complexity index is 786. The fourth-order valence-electron chi connectivity index (χ4n) is 4.32. The van der Waals surface area contributed by atoms with Crippen molar-refractivity contribution >= 4 is 17.7 Å². The summed E-state index contributed by atoms with van der Waals surface area (Å²) >= 11 is 0. The number of hydrogen-bond donors (Lipinski definition) is 1. The van der Waals surface area contributed by atoms with Gasteiger partial charge < -0.3 is 19.9 Å². The average Bonchev–Trinajstić information content (AvgIpc) is 3.11. The summed E-state index contributed by atoms with van der Waals surface area (Å²) in [5.41, 5.74) is 0.242. The third-order valence-corrected chi connectivity index (χ3v) is 5.76. The predicted molar refractivity (Wildman–Crippen MR) is 93.3 cm³/mol. The molecule has 0 aliphatic carbocycles. The molecular weight excluding hydrogens is 353 g/mol. The number of halogens is 1. The van der Waals surface area contributed by atoms with E-state index in [0.29, 0.717) is 32.4 Å². The third kappa shape index (κ3) is 3.18. The molecule has 0 radical (unpaired) electrons. The number of rotatable bonds is 3. The van der Waals surface area contributed by atoms with Crippen LogP contribution in [0.15, 0.2) is 24.3 Å². The van der Waals surface area contributed by atoms with Crippen molar-refractivity contribution in [2.75, 3.05) is 20.2 Å². The zero-order valence-electron chi connectivity index (χ0n) is 15.1. The van der Waals surface area contributed by atoms with Crippen LogP contribution in [0.3, 0.4) is 0 Å². The number of amides is 3. The summed E-state index contributed by atoms with van der Waals surface area (Å²) in [5, 5.41) is 2.87. The van der Waals surface area contributed by atoms with E-state index in [1.165, 1.54) is 18.2 Å². The molecule has 0 aromatic heterocycles. The fraction of sp³-hybridized carbons (Fsp3) is 0.526. The lowest BCUT2D eigenvalue weighted by atomic mass is 9.92. The van der Waals surface area contributed by atoms with Gasteiger partial charge in [-0.05, 0) is 31.0 Å². The van der Waals surface area contributed by atoms with Crippen molar-refractivity contribution in [1.82, 2.24) is 15.1 Å². The lowest BCUT2D eigenvalue weighted by Crippen LogP contribution is -2.66. The van der Waals surface area contributed by atoms with Crippen molar-refractivity contribution in [3.8, 4) is 0 Å². The number of carbonyl (C=O) groups excluding carboxylic acids is 3. The number of nitrogens with zero attached hydrogens (tertiary/aromatic N) is 2. The van der Waals surface area contributed by atoms with Gasteiger partial charge in [0, 0.05) is 38.2 Å². The first-order chi connectivity index (χ1) is 13.0. The van der Waals surface area contributed by atoms with Crippen molar-refractivity contribution in [3.05, 3.63) is 35.6 Å². The second-order valence-corrected chi connectivity index (χ2v) is 7.35. The molecule has 0 unspecified atom stereocenters. The molecule has 1 aromatic carbocycles. The summed E-state index contributed by atoms with van der Waals surface area (Å²) in [4.78, 5) is 41.3. The van der Waals surface area contributed by atoms with Gasteiger partial charge in [-0.3, -0.25) is 14.4 Å². The van der Waals surface area contributed by atoms with Crippen molar-refractivity contribution < 1.29 is 23.5 Å². The van der Waals surface area contributed by atoms with Crippen LogP contribution in [0.2, 0.25) is 0 Å². The first-order valence-corrected chi connectivity index (χ1v) is 9.18. The lowest BCUT2D eigenvalue weighted by Gasteiger charge is -2.46. The second-order valence-electron chi connectivity index (χ2n) is 7.35. The first kappa shape index (κ1) is 17.9. The van der Waals surface area contributed by atoms with Crippen molar-refractivity contribution in [3.63, 3.8) is 0 Å². The Labute approximate surface area is 156 Å². The summed E-state index contributed by atoms with van der Waals surface area (Å²) in [6, 6.07) is 4.25. The Morgan fingerprint density at radius 2 is 1.93 bits per heavy atom. The topological polar surface area (TPSA) is 79.0 Å². The highest BCUT2D eigenvalue weighted by Crippen LogP contribution is 2.32. The van der Waals surface area contributed by atoms with Crippen LogP contribution in [0.4, 0.5) is 4.39 Å².